The topological polar surface area (TPSA) is 70.5 Å². The molecule has 2 aromatic rings. The normalized spacial score (nSPS) is 18.4. The number of amides is 1. The third-order valence-electron chi connectivity index (χ3n) is 3.86. The summed E-state index contributed by atoms with van der Waals surface area (Å²) in [7, 11) is 0. The Kier molecular flexibility index (Phi) is 3.56. The van der Waals surface area contributed by atoms with Crippen LogP contribution in [0.4, 0.5) is 0 Å². The first-order valence-electron chi connectivity index (χ1n) is 6.99. The Labute approximate surface area is 122 Å². The van der Waals surface area contributed by atoms with Crippen molar-refractivity contribution < 1.29 is 14.7 Å². The number of benzene rings is 1. The molecule has 1 amide bonds. The second-order valence-corrected chi connectivity index (χ2v) is 5.32. The molecular weight excluding hydrogens is 268 g/mol. The largest absolute Gasteiger partial charge is 0.481 e. The fourth-order valence-electron chi connectivity index (χ4n) is 2.65. The molecule has 0 radical (unpaired) electrons. The highest BCUT2D eigenvalue weighted by atomic mass is 16.4. The third-order valence-corrected chi connectivity index (χ3v) is 3.86. The highest BCUT2D eigenvalue weighted by Crippen LogP contribution is 2.18. The van der Waals surface area contributed by atoms with Crippen LogP contribution in [0.15, 0.2) is 36.4 Å². The van der Waals surface area contributed by atoms with Crippen molar-refractivity contribution in [1.82, 2.24) is 9.88 Å². The number of carboxylic acids is 1. The Balaban J connectivity index is 1.66. The fourth-order valence-corrected chi connectivity index (χ4v) is 2.65. The van der Waals surface area contributed by atoms with E-state index in [4.69, 9.17) is 5.11 Å². The van der Waals surface area contributed by atoms with Gasteiger partial charge in [0.15, 0.2) is 0 Å². The van der Waals surface area contributed by atoms with Crippen molar-refractivity contribution in [2.45, 2.75) is 12.8 Å². The van der Waals surface area contributed by atoms with Gasteiger partial charge in [0.05, 0.1) is 11.4 Å². The maximum absolute atomic E-state index is 11.8. The lowest BCUT2D eigenvalue weighted by atomic mass is 10.1. The van der Waals surface area contributed by atoms with E-state index in [9.17, 15) is 9.59 Å². The number of carbonyl (C=O) groups is 2. The number of pyridine rings is 1. The first-order valence-corrected chi connectivity index (χ1v) is 6.99. The van der Waals surface area contributed by atoms with Crippen LogP contribution in [0.2, 0.25) is 0 Å². The van der Waals surface area contributed by atoms with Gasteiger partial charge in [-0.1, -0.05) is 24.3 Å². The minimum atomic E-state index is -0.894. The van der Waals surface area contributed by atoms with Crippen LogP contribution < -0.4 is 0 Å². The number of nitrogens with zero attached hydrogens (tertiary/aromatic N) is 2. The van der Waals surface area contributed by atoms with Crippen molar-refractivity contribution in [2.24, 2.45) is 5.92 Å². The number of para-hydroxylation sites is 1. The standard InChI is InChI=1S/C16H16N2O3/c19-15-9-12(16(20)21)10-18(15)8-7-13-6-5-11-3-1-2-4-14(11)17-13/h1-6,12H,7-10H2,(H,20,21). The number of carbonyl (C=O) groups excluding carboxylic acids is 1. The van der Waals surface area contributed by atoms with Gasteiger partial charge in [0, 0.05) is 37.0 Å². The zero-order valence-electron chi connectivity index (χ0n) is 11.5. The zero-order chi connectivity index (χ0) is 14.8. The van der Waals surface area contributed by atoms with Crippen molar-refractivity contribution in [1.29, 1.82) is 0 Å². The molecule has 1 unspecified atom stereocenters. The van der Waals surface area contributed by atoms with Gasteiger partial charge < -0.3 is 10.0 Å². The number of aromatic nitrogens is 1. The molecule has 1 saturated heterocycles. The second-order valence-electron chi connectivity index (χ2n) is 5.32. The maximum Gasteiger partial charge on any atom is 0.308 e. The summed E-state index contributed by atoms with van der Waals surface area (Å²) in [6, 6.07) is 11.9. The fraction of sp³-hybridized carbons (Fsp3) is 0.312. The lowest BCUT2D eigenvalue weighted by Gasteiger charge is -2.15. The van der Waals surface area contributed by atoms with Gasteiger partial charge >= 0.3 is 5.97 Å². The summed E-state index contributed by atoms with van der Waals surface area (Å²) in [6.45, 7) is 0.829. The molecule has 0 spiro atoms. The number of carboxylic acid groups (broad SMARTS) is 1. The van der Waals surface area contributed by atoms with E-state index < -0.39 is 11.9 Å². The quantitative estimate of drug-likeness (QED) is 0.928. The highest BCUT2D eigenvalue weighted by molar-refractivity contribution is 5.86. The lowest BCUT2D eigenvalue weighted by molar-refractivity contribution is -0.141. The smallest absolute Gasteiger partial charge is 0.308 e. The van der Waals surface area contributed by atoms with E-state index >= 15 is 0 Å². The van der Waals surface area contributed by atoms with Gasteiger partial charge in [0.1, 0.15) is 0 Å². The number of fused-ring (bicyclic) bond motifs is 1. The Morgan fingerprint density at radius 3 is 2.86 bits per heavy atom. The summed E-state index contributed by atoms with van der Waals surface area (Å²) in [5.74, 6) is -1.54. The molecule has 1 aromatic heterocycles. The summed E-state index contributed by atoms with van der Waals surface area (Å²) >= 11 is 0. The van der Waals surface area contributed by atoms with E-state index in [1.54, 1.807) is 4.90 Å². The van der Waals surface area contributed by atoms with Crippen molar-refractivity contribution in [3.05, 3.63) is 42.1 Å². The molecule has 21 heavy (non-hydrogen) atoms. The summed E-state index contributed by atoms with van der Waals surface area (Å²) in [5.41, 5.74) is 1.85. The van der Waals surface area contributed by atoms with E-state index in [0.717, 1.165) is 16.6 Å². The third kappa shape index (κ3) is 2.86. The van der Waals surface area contributed by atoms with Crippen molar-refractivity contribution in [3.63, 3.8) is 0 Å². The van der Waals surface area contributed by atoms with E-state index in [-0.39, 0.29) is 12.3 Å². The van der Waals surface area contributed by atoms with Gasteiger partial charge in [0.25, 0.3) is 0 Å². The minimum absolute atomic E-state index is 0.0804. The monoisotopic (exact) mass is 284 g/mol. The van der Waals surface area contributed by atoms with Gasteiger partial charge in [-0.2, -0.15) is 0 Å². The van der Waals surface area contributed by atoms with Crippen LogP contribution in [0.1, 0.15) is 12.1 Å². The Bertz CT molecular complexity index is 699. The predicted molar refractivity (Wildman–Crippen MR) is 77.8 cm³/mol. The molecule has 2 heterocycles. The molecule has 1 aliphatic heterocycles. The molecule has 1 fully saturated rings. The van der Waals surface area contributed by atoms with Crippen molar-refractivity contribution in [3.8, 4) is 0 Å². The first-order chi connectivity index (χ1) is 10.1. The van der Waals surface area contributed by atoms with Gasteiger partial charge in [0.2, 0.25) is 5.91 Å². The first kappa shape index (κ1) is 13.5. The Hall–Kier alpha value is -2.43. The average Bonchev–Trinajstić information content (AvgIpc) is 2.86. The Morgan fingerprint density at radius 1 is 1.29 bits per heavy atom. The van der Waals surface area contributed by atoms with Gasteiger partial charge in [-0.15, -0.1) is 0 Å². The van der Waals surface area contributed by atoms with Gasteiger partial charge in [-0.3, -0.25) is 14.6 Å². The van der Waals surface area contributed by atoms with Crippen LogP contribution in [0.25, 0.3) is 10.9 Å². The number of hydrogen-bond donors (Lipinski definition) is 1. The molecule has 5 heteroatoms. The van der Waals surface area contributed by atoms with Gasteiger partial charge in [-0.05, 0) is 12.1 Å². The number of hydrogen-bond acceptors (Lipinski definition) is 3. The van der Waals surface area contributed by atoms with Crippen LogP contribution in [-0.2, 0) is 16.0 Å². The maximum atomic E-state index is 11.8. The molecule has 0 bridgehead atoms. The van der Waals surface area contributed by atoms with Crippen LogP contribution in [0, 0.1) is 5.92 Å². The zero-order valence-corrected chi connectivity index (χ0v) is 11.5. The molecule has 1 N–H and O–H groups in total. The molecule has 1 aromatic carbocycles. The lowest BCUT2D eigenvalue weighted by Crippen LogP contribution is -2.28. The molecule has 5 nitrogen and oxygen atoms in total. The van der Waals surface area contributed by atoms with Crippen LogP contribution in [0.3, 0.4) is 0 Å². The molecule has 0 saturated carbocycles. The summed E-state index contributed by atoms with van der Waals surface area (Å²) in [5, 5.41) is 10.0. The second kappa shape index (κ2) is 5.52. The molecular formula is C16H16N2O3. The van der Waals surface area contributed by atoms with E-state index in [0.29, 0.717) is 19.5 Å². The van der Waals surface area contributed by atoms with Crippen LogP contribution >= 0.6 is 0 Å². The molecule has 1 atom stereocenters. The number of rotatable bonds is 4. The summed E-state index contributed by atoms with van der Waals surface area (Å²) < 4.78 is 0. The van der Waals surface area contributed by atoms with E-state index in [1.165, 1.54) is 0 Å². The molecule has 1 aliphatic rings. The minimum Gasteiger partial charge on any atom is -0.481 e. The van der Waals surface area contributed by atoms with Crippen LogP contribution in [0.5, 0.6) is 0 Å². The molecule has 0 aliphatic carbocycles. The Morgan fingerprint density at radius 2 is 2.10 bits per heavy atom. The predicted octanol–water partition coefficient (Wildman–Crippen LogP) is 1.71. The average molecular weight is 284 g/mol. The highest BCUT2D eigenvalue weighted by Gasteiger charge is 2.33. The van der Waals surface area contributed by atoms with E-state index in [2.05, 4.69) is 4.98 Å². The molecule has 3 rings (SSSR count). The number of aliphatic carboxylic acids is 1. The number of likely N-dealkylation sites (tertiary alicyclic amines) is 1. The summed E-state index contributed by atoms with van der Waals surface area (Å²) in [6.07, 6.45) is 0.753. The van der Waals surface area contributed by atoms with E-state index in [1.807, 2.05) is 36.4 Å². The van der Waals surface area contributed by atoms with Gasteiger partial charge in [-0.25, -0.2) is 0 Å². The van der Waals surface area contributed by atoms with Crippen molar-refractivity contribution in [2.75, 3.05) is 13.1 Å². The SMILES string of the molecule is O=C(O)C1CC(=O)N(CCc2ccc3ccccc3n2)C1. The molecule has 108 valence electrons. The van der Waals surface area contributed by atoms with Crippen molar-refractivity contribution >= 4 is 22.8 Å². The van der Waals surface area contributed by atoms with Crippen LogP contribution in [-0.4, -0.2) is 40.0 Å². The summed E-state index contributed by atoms with van der Waals surface area (Å²) in [4.78, 5) is 28.9.